The van der Waals surface area contributed by atoms with Crippen molar-refractivity contribution >= 4 is 17.5 Å². The average molecular weight is 405 g/mol. The summed E-state index contributed by atoms with van der Waals surface area (Å²) in [6.07, 6.45) is 8.04. The zero-order chi connectivity index (χ0) is 20.8. The zero-order valence-electron chi connectivity index (χ0n) is 17.9. The monoisotopic (exact) mass is 404 g/mol. The second kappa shape index (κ2) is 7.68. The van der Waals surface area contributed by atoms with Crippen LogP contribution in [-0.4, -0.2) is 35.3 Å². The van der Waals surface area contributed by atoms with E-state index >= 15 is 0 Å². The normalized spacial score (nSPS) is 45.4. The molecule has 2 unspecified atom stereocenters. The minimum absolute atomic E-state index is 0.0532. The van der Waals surface area contributed by atoms with Gasteiger partial charge in [0.1, 0.15) is 11.9 Å². The maximum Gasteiger partial charge on any atom is 0.306 e. The van der Waals surface area contributed by atoms with Crippen molar-refractivity contribution in [3.63, 3.8) is 0 Å². The Labute approximate surface area is 173 Å². The predicted molar refractivity (Wildman–Crippen MR) is 110 cm³/mol. The molecule has 0 aromatic rings. The number of carbonyl (C=O) groups excluding carboxylic acids is 2. The molecule has 4 saturated carbocycles. The highest BCUT2D eigenvalue weighted by atomic mass is 16.5. The zero-order valence-corrected chi connectivity index (χ0v) is 17.9. The van der Waals surface area contributed by atoms with Gasteiger partial charge in [-0.15, -0.1) is 0 Å². The van der Waals surface area contributed by atoms with Gasteiger partial charge in [0.15, 0.2) is 0 Å². The number of ether oxygens (including phenoxy) is 1. The van der Waals surface area contributed by atoms with Crippen molar-refractivity contribution in [2.45, 2.75) is 84.2 Å². The minimum atomic E-state index is -0.180. The number of hydrogen-bond acceptors (Lipinski definition) is 6. The van der Waals surface area contributed by atoms with Gasteiger partial charge in [0.05, 0.1) is 5.71 Å². The second-order valence-corrected chi connectivity index (χ2v) is 10.4. The first-order valence-corrected chi connectivity index (χ1v) is 11.5. The maximum atomic E-state index is 12.6. The van der Waals surface area contributed by atoms with Gasteiger partial charge in [-0.25, -0.2) is 0 Å². The van der Waals surface area contributed by atoms with Crippen molar-refractivity contribution in [1.82, 2.24) is 0 Å². The van der Waals surface area contributed by atoms with Crippen molar-refractivity contribution in [3.05, 3.63) is 0 Å². The molecular formula is C23H36N2O4. The standard InChI is InChI=1S/C23H36N2O4/c1-22-9-7-14(29-21(27)4-3-11-24)12-18(22)19(25-28)13-15-16-5-6-20(26)23(16,2)10-8-17(15)22/h14-18,28H,3-13,24H2,1-2H3/b25-19-/t14?,15-,16-,17+,18?,22+,23-/m0/s1. The SMILES string of the molecule is C[C@]12CCC(OC(=O)CCCN)CC1/C(=N\O)C[C@@H]1[C@H]2CC[C@]2(C)C(=O)CC[C@@H]12. The topological polar surface area (TPSA) is 102 Å². The van der Waals surface area contributed by atoms with Crippen LogP contribution in [0.3, 0.4) is 0 Å². The summed E-state index contributed by atoms with van der Waals surface area (Å²) in [5, 5.41) is 13.6. The van der Waals surface area contributed by atoms with Gasteiger partial charge in [0.2, 0.25) is 0 Å². The minimum Gasteiger partial charge on any atom is -0.462 e. The van der Waals surface area contributed by atoms with E-state index in [1.54, 1.807) is 0 Å². The van der Waals surface area contributed by atoms with E-state index in [0.29, 0.717) is 49.3 Å². The molecule has 0 radical (unpaired) electrons. The third-order valence-electron chi connectivity index (χ3n) is 9.15. The molecule has 4 aliphatic rings. The van der Waals surface area contributed by atoms with E-state index in [4.69, 9.17) is 10.5 Å². The Kier molecular flexibility index (Phi) is 5.51. The highest BCUT2D eigenvalue weighted by Crippen LogP contribution is 2.65. The molecule has 3 N–H and O–H groups in total. The van der Waals surface area contributed by atoms with Crippen LogP contribution in [0, 0.1) is 34.5 Å². The Hall–Kier alpha value is -1.43. The first kappa shape index (κ1) is 20.8. The van der Waals surface area contributed by atoms with Crippen molar-refractivity contribution in [2.75, 3.05) is 6.54 Å². The molecular weight excluding hydrogens is 368 g/mol. The van der Waals surface area contributed by atoms with E-state index in [1.807, 2.05) is 0 Å². The molecule has 0 bridgehead atoms. The van der Waals surface area contributed by atoms with E-state index in [0.717, 1.165) is 50.7 Å². The number of ketones is 1. The molecule has 4 fully saturated rings. The largest absolute Gasteiger partial charge is 0.462 e. The van der Waals surface area contributed by atoms with E-state index in [-0.39, 0.29) is 28.8 Å². The molecule has 0 amide bonds. The Bertz CT molecular complexity index is 707. The summed E-state index contributed by atoms with van der Waals surface area (Å²) in [6.45, 7) is 5.02. The number of carbonyl (C=O) groups is 2. The third kappa shape index (κ3) is 3.31. The lowest BCUT2D eigenvalue weighted by Gasteiger charge is -2.60. The van der Waals surface area contributed by atoms with Crippen LogP contribution >= 0.6 is 0 Å². The molecule has 0 aromatic carbocycles. The molecule has 6 nitrogen and oxygen atoms in total. The number of nitrogens with zero attached hydrogens (tertiary/aromatic N) is 1. The summed E-state index contributed by atoms with van der Waals surface area (Å²) in [5.74, 6) is 1.81. The highest BCUT2D eigenvalue weighted by molar-refractivity contribution is 5.90. The number of fused-ring (bicyclic) bond motifs is 5. The van der Waals surface area contributed by atoms with Gasteiger partial charge in [0.25, 0.3) is 0 Å². The van der Waals surface area contributed by atoms with Gasteiger partial charge in [-0.2, -0.15) is 0 Å². The summed E-state index contributed by atoms with van der Waals surface area (Å²) >= 11 is 0. The second-order valence-electron chi connectivity index (χ2n) is 10.4. The van der Waals surface area contributed by atoms with E-state index < -0.39 is 0 Å². The van der Waals surface area contributed by atoms with Gasteiger partial charge in [0, 0.05) is 24.2 Å². The summed E-state index contributed by atoms with van der Waals surface area (Å²) in [4.78, 5) is 24.7. The summed E-state index contributed by atoms with van der Waals surface area (Å²) in [5.41, 5.74) is 6.23. The van der Waals surface area contributed by atoms with Crippen LogP contribution < -0.4 is 5.73 Å². The molecule has 0 aromatic heterocycles. The predicted octanol–water partition coefficient (Wildman–Crippen LogP) is 3.69. The molecule has 4 rings (SSSR count). The smallest absolute Gasteiger partial charge is 0.306 e. The van der Waals surface area contributed by atoms with Crippen LogP contribution in [0.15, 0.2) is 5.16 Å². The number of hydrogen-bond donors (Lipinski definition) is 2. The van der Waals surface area contributed by atoms with Crippen LogP contribution in [0.25, 0.3) is 0 Å². The first-order valence-electron chi connectivity index (χ1n) is 11.5. The molecule has 0 saturated heterocycles. The molecule has 29 heavy (non-hydrogen) atoms. The maximum absolute atomic E-state index is 12.6. The average Bonchev–Trinajstić information content (AvgIpc) is 3.01. The molecule has 162 valence electrons. The van der Waals surface area contributed by atoms with E-state index in [9.17, 15) is 14.8 Å². The Morgan fingerprint density at radius 1 is 1.24 bits per heavy atom. The van der Waals surface area contributed by atoms with Crippen LogP contribution in [0.2, 0.25) is 0 Å². The van der Waals surface area contributed by atoms with E-state index in [2.05, 4.69) is 19.0 Å². The number of oxime groups is 1. The third-order valence-corrected chi connectivity index (χ3v) is 9.15. The number of rotatable bonds is 4. The Morgan fingerprint density at radius 3 is 2.76 bits per heavy atom. The Balaban J connectivity index is 1.53. The van der Waals surface area contributed by atoms with Gasteiger partial charge in [-0.05, 0) is 81.1 Å². The summed E-state index contributed by atoms with van der Waals surface area (Å²) in [7, 11) is 0. The van der Waals surface area contributed by atoms with Gasteiger partial charge < -0.3 is 15.7 Å². The van der Waals surface area contributed by atoms with Gasteiger partial charge in [-0.1, -0.05) is 19.0 Å². The lowest BCUT2D eigenvalue weighted by atomic mass is 9.44. The molecule has 6 heteroatoms. The van der Waals surface area contributed by atoms with Crippen LogP contribution in [0.5, 0.6) is 0 Å². The quantitative estimate of drug-likeness (QED) is 0.423. The highest BCUT2D eigenvalue weighted by Gasteiger charge is 2.62. The number of nitrogens with two attached hydrogens (primary N) is 1. The number of Topliss-reactive ketones (excluding diaryl/α,β-unsaturated/α-hetero) is 1. The molecule has 7 atom stereocenters. The first-order chi connectivity index (χ1) is 13.8. The van der Waals surface area contributed by atoms with Crippen LogP contribution in [0.4, 0.5) is 0 Å². The summed E-state index contributed by atoms with van der Waals surface area (Å²) in [6, 6.07) is 0. The van der Waals surface area contributed by atoms with Gasteiger partial charge in [-0.3, -0.25) is 9.59 Å². The molecule has 0 aliphatic heterocycles. The van der Waals surface area contributed by atoms with Gasteiger partial charge >= 0.3 is 5.97 Å². The fourth-order valence-corrected chi connectivity index (χ4v) is 7.51. The lowest BCUT2D eigenvalue weighted by molar-refractivity contribution is -0.156. The summed E-state index contributed by atoms with van der Waals surface area (Å²) < 4.78 is 5.74. The molecule has 4 aliphatic carbocycles. The number of esters is 1. The van der Waals surface area contributed by atoms with Crippen LogP contribution in [-0.2, 0) is 14.3 Å². The van der Waals surface area contributed by atoms with Crippen molar-refractivity contribution in [3.8, 4) is 0 Å². The Morgan fingerprint density at radius 2 is 2.03 bits per heavy atom. The van der Waals surface area contributed by atoms with Crippen molar-refractivity contribution in [2.24, 2.45) is 45.4 Å². The van der Waals surface area contributed by atoms with Crippen molar-refractivity contribution < 1.29 is 19.5 Å². The van der Waals surface area contributed by atoms with Crippen molar-refractivity contribution in [1.29, 1.82) is 0 Å². The molecule has 0 spiro atoms. The lowest BCUT2D eigenvalue weighted by Crippen LogP contribution is -2.57. The molecule has 0 heterocycles. The fraction of sp³-hybridized carbons (Fsp3) is 0.870. The van der Waals surface area contributed by atoms with E-state index in [1.165, 1.54) is 0 Å². The fourth-order valence-electron chi connectivity index (χ4n) is 7.51. The van der Waals surface area contributed by atoms with Crippen LogP contribution in [0.1, 0.15) is 78.1 Å².